The molecule has 0 unspecified atom stereocenters. The number of nitrogens with one attached hydrogen (secondary N) is 1. The SMILES string of the molecule is CCNc1nc(CSC2CCCCC2)nc(C)c1Br. The first-order valence-corrected chi connectivity index (χ1v) is 8.93. The van der Waals surface area contributed by atoms with Crippen molar-refractivity contribution in [2.75, 3.05) is 11.9 Å². The molecular formula is C14H22BrN3S. The lowest BCUT2D eigenvalue weighted by molar-refractivity contribution is 0.516. The molecule has 1 aromatic heterocycles. The van der Waals surface area contributed by atoms with Crippen molar-refractivity contribution in [1.82, 2.24) is 9.97 Å². The van der Waals surface area contributed by atoms with E-state index in [2.05, 4.69) is 38.1 Å². The second-order valence-electron chi connectivity index (χ2n) is 4.99. The van der Waals surface area contributed by atoms with Crippen LogP contribution in [0.1, 0.15) is 50.5 Å². The average molecular weight is 344 g/mol. The largest absolute Gasteiger partial charge is 0.369 e. The zero-order valence-corrected chi connectivity index (χ0v) is 14.1. The molecule has 1 aliphatic rings. The molecule has 0 amide bonds. The van der Waals surface area contributed by atoms with Crippen LogP contribution in [0.3, 0.4) is 0 Å². The number of anilines is 1. The normalized spacial score (nSPS) is 16.6. The lowest BCUT2D eigenvalue weighted by atomic mass is 10.0. The summed E-state index contributed by atoms with van der Waals surface area (Å²) in [4.78, 5) is 9.20. The van der Waals surface area contributed by atoms with E-state index < -0.39 is 0 Å². The number of aryl methyl sites for hydroxylation is 1. The first kappa shape index (κ1) is 15.1. The second kappa shape index (κ2) is 7.48. The fourth-order valence-corrected chi connectivity index (χ4v) is 3.89. The number of hydrogen-bond donors (Lipinski definition) is 1. The molecule has 5 heteroatoms. The lowest BCUT2D eigenvalue weighted by Crippen LogP contribution is -2.10. The Morgan fingerprint density at radius 1 is 1.26 bits per heavy atom. The van der Waals surface area contributed by atoms with Crippen molar-refractivity contribution in [1.29, 1.82) is 0 Å². The van der Waals surface area contributed by atoms with Gasteiger partial charge in [0, 0.05) is 11.8 Å². The Balaban J connectivity index is 1.99. The van der Waals surface area contributed by atoms with E-state index in [9.17, 15) is 0 Å². The highest BCUT2D eigenvalue weighted by atomic mass is 79.9. The van der Waals surface area contributed by atoms with E-state index in [0.29, 0.717) is 0 Å². The summed E-state index contributed by atoms with van der Waals surface area (Å²) in [7, 11) is 0. The van der Waals surface area contributed by atoms with Crippen molar-refractivity contribution in [2.45, 2.75) is 57.0 Å². The van der Waals surface area contributed by atoms with Crippen LogP contribution in [0.25, 0.3) is 0 Å². The van der Waals surface area contributed by atoms with Crippen LogP contribution in [0.15, 0.2) is 4.47 Å². The summed E-state index contributed by atoms with van der Waals surface area (Å²) in [5, 5.41) is 4.10. The van der Waals surface area contributed by atoms with Crippen LogP contribution in [-0.2, 0) is 5.75 Å². The number of hydrogen-bond acceptors (Lipinski definition) is 4. The minimum Gasteiger partial charge on any atom is -0.369 e. The van der Waals surface area contributed by atoms with E-state index in [1.54, 1.807) is 0 Å². The minimum absolute atomic E-state index is 0.809. The Bertz CT molecular complexity index is 419. The molecule has 0 bridgehead atoms. The van der Waals surface area contributed by atoms with Crippen molar-refractivity contribution in [3.05, 3.63) is 16.0 Å². The maximum atomic E-state index is 4.62. The number of nitrogens with zero attached hydrogens (tertiary/aromatic N) is 2. The fourth-order valence-electron chi connectivity index (χ4n) is 2.39. The van der Waals surface area contributed by atoms with E-state index >= 15 is 0 Å². The van der Waals surface area contributed by atoms with Gasteiger partial charge in [0.2, 0.25) is 0 Å². The first-order chi connectivity index (χ1) is 9.20. The van der Waals surface area contributed by atoms with Gasteiger partial charge in [0.1, 0.15) is 11.6 Å². The summed E-state index contributed by atoms with van der Waals surface area (Å²) in [5.41, 5.74) is 1.02. The lowest BCUT2D eigenvalue weighted by Gasteiger charge is -2.20. The van der Waals surface area contributed by atoms with Crippen LogP contribution in [0.5, 0.6) is 0 Å². The molecule has 19 heavy (non-hydrogen) atoms. The predicted molar refractivity (Wildman–Crippen MR) is 86.8 cm³/mol. The summed E-state index contributed by atoms with van der Waals surface area (Å²) in [6, 6.07) is 0. The molecule has 1 saturated carbocycles. The quantitative estimate of drug-likeness (QED) is 0.851. The van der Waals surface area contributed by atoms with Gasteiger partial charge >= 0.3 is 0 Å². The highest BCUT2D eigenvalue weighted by Gasteiger charge is 2.15. The molecule has 1 N–H and O–H groups in total. The van der Waals surface area contributed by atoms with Crippen LogP contribution in [0, 0.1) is 6.92 Å². The van der Waals surface area contributed by atoms with Crippen molar-refractivity contribution >= 4 is 33.5 Å². The number of rotatable bonds is 5. The van der Waals surface area contributed by atoms with E-state index in [4.69, 9.17) is 0 Å². The van der Waals surface area contributed by atoms with Crippen molar-refractivity contribution in [3.63, 3.8) is 0 Å². The second-order valence-corrected chi connectivity index (χ2v) is 7.07. The van der Waals surface area contributed by atoms with E-state index in [0.717, 1.165) is 39.4 Å². The molecule has 1 aromatic rings. The van der Waals surface area contributed by atoms with E-state index in [1.165, 1.54) is 32.1 Å². The van der Waals surface area contributed by atoms with Crippen molar-refractivity contribution in [2.24, 2.45) is 0 Å². The van der Waals surface area contributed by atoms with Gasteiger partial charge in [-0.2, -0.15) is 11.8 Å². The zero-order valence-electron chi connectivity index (χ0n) is 11.7. The molecule has 2 rings (SSSR count). The summed E-state index contributed by atoms with van der Waals surface area (Å²) in [6.45, 7) is 4.99. The molecule has 0 radical (unpaired) electrons. The molecule has 0 aliphatic heterocycles. The third kappa shape index (κ3) is 4.35. The summed E-state index contributed by atoms with van der Waals surface area (Å²) < 4.78 is 0.987. The van der Waals surface area contributed by atoms with Crippen molar-refractivity contribution < 1.29 is 0 Å². The van der Waals surface area contributed by atoms with Crippen molar-refractivity contribution in [3.8, 4) is 0 Å². The third-order valence-corrected chi connectivity index (χ3v) is 5.72. The predicted octanol–water partition coefficient (Wildman–Crippen LogP) is 4.55. The minimum atomic E-state index is 0.809. The van der Waals surface area contributed by atoms with Crippen LogP contribution in [0.4, 0.5) is 5.82 Å². The van der Waals surface area contributed by atoms with Gasteiger partial charge in [-0.3, -0.25) is 0 Å². The van der Waals surface area contributed by atoms with Crippen LogP contribution in [0.2, 0.25) is 0 Å². The third-order valence-electron chi connectivity index (χ3n) is 3.41. The number of thioether (sulfide) groups is 1. The Kier molecular flexibility index (Phi) is 5.95. The Morgan fingerprint density at radius 2 is 2.00 bits per heavy atom. The maximum absolute atomic E-state index is 4.62. The molecule has 1 aliphatic carbocycles. The number of aromatic nitrogens is 2. The molecule has 1 fully saturated rings. The average Bonchev–Trinajstić information content (AvgIpc) is 2.43. The zero-order chi connectivity index (χ0) is 13.7. The molecular weight excluding hydrogens is 322 g/mol. The van der Waals surface area contributed by atoms with Gasteiger partial charge in [0.25, 0.3) is 0 Å². The molecule has 0 spiro atoms. The Hall–Kier alpha value is -0.290. The van der Waals surface area contributed by atoms with Gasteiger partial charge in [-0.15, -0.1) is 0 Å². The first-order valence-electron chi connectivity index (χ1n) is 7.09. The molecule has 0 aromatic carbocycles. The van der Waals surface area contributed by atoms with Gasteiger partial charge in [0.05, 0.1) is 15.9 Å². The molecule has 3 nitrogen and oxygen atoms in total. The highest BCUT2D eigenvalue weighted by Crippen LogP contribution is 2.31. The molecule has 0 atom stereocenters. The van der Waals surface area contributed by atoms with Crippen LogP contribution in [-0.4, -0.2) is 21.8 Å². The van der Waals surface area contributed by atoms with Gasteiger partial charge in [-0.1, -0.05) is 19.3 Å². The van der Waals surface area contributed by atoms with Crippen LogP contribution >= 0.6 is 27.7 Å². The Labute approximate surface area is 128 Å². The maximum Gasteiger partial charge on any atom is 0.144 e. The molecule has 106 valence electrons. The Morgan fingerprint density at radius 3 is 2.68 bits per heavy atom. The fraction of sp³-hybridized carbons (Fsp3) is 0.714. The smallest absolute Gasteiger partial charge is 0.144 e. The number of halogens is 1. The van der Waals surface area contributed by atoms with Gasteiger partial charge in [-0.05, 0) is 42.6 Å². The summed E-state index contributed by atoms with van der Waals surface area (Å²) in [6.07, 6.45) is 6.91. The summed E-state index contributed by atoms with van der Waals surface area (Å²) >= 11 is 5.57. The summed E-state index contributed by atoms with van der Waals surface area (Å²) in [5.74, 6) is 2.80. The molecule has 1 heterocycles. The highest BCUT2D eigenvalue weighted by molar-refractivity contribution is 9.10. The van der Waals surface area contributed by atoms with Gasteiger partial charge in [0.15, 0.2) is 0 Å². The van der Waals surface area contributed by atoms with E-state index in [1.807, 2.05) is 18.7 Å². The van der Waals surface area contributed by atoms with E-state index in [-0.39, 0.29) is 0 Å². The molecule has 0 saturated heterocycles. The van der Waals surface area contributed by atoms with Gasteiger partial charge < -0.3 is 5.32 Å². The topological polar surface area (TPSA) is 37.8 Å². The van der Waals surface area contributed by atoms with Crippen LogP contribution < -0.4 is 5.32 Å². The standard InChI is InChI=1S/C14H22BrN3S/c1-3-16-14-13(15)10(2)17-12(18-14)9-19-11-7-5-4-6-8-11/h11H,3-9H2,1-2H3,(H,16,17,18). The monoisotopic (exact) mass is 343 g/mol. The van der Waals surface area contributed by atoms with Gasteiger partial charge in [-0.25, -0.2) is 9.97 Å².